The molecule has 3 aromatic heterocycles. The number of aromatic nitrogens is 4. The molecule has 25 heavy (non-hydrogen) atoms. The van der Waals surface area contributed by atoms with E-state index in [1.165, 1.54) is 18.3 Å². The van der Waals surface area contributed by atoms with Gasteiger partial charge in [-0.3, -0.25) is 10.1 Å². The van der Waals surface area contributed by atoms with Crippen molar-refractivity contribution in [1.29, 1.82) is 0 Å². The van der Waals surface area contributed by atoms with Gasteiger partial charge in [-0.1, -0.05) is 11.6 Å². The van der Waals surface area contributed by atoms with Crippen molar-refractivity contribution in [3.63, 3.8) is 0 Å². The van der Waals surface area contributed by atoms with Crippen molar-refractivity contribution < 1.29 is 4.39 Å². The number of halogens is 2. The molecule has 0 saturated heterocycles. The predicted octanol–water partition coefficient (Wildman–Crippen LogP) is 4.37. The highest BCUT2D eigenvalue weighted by atomic mass is 35.5. The Morgan fingerprint density at radius 1 is 1.08 bits per heavy atom. The van der Waals surface area contributed by atoms with Crippen LogP contribution in [-0.4, -0.2) is 20.2 Å². The van der Waals surface area contributed by atoms with Crippen LogP contribution < -0.4 is 5.73 Å². The van der Waals surface area contributed by atoms with Crippen LogP contribution >= 0.6 is 11.6 Å². The van der Waals surface area contributed by atoms with Crippen molar-refractivity contribution in [3.8, 4) is 22.4 Å². The number of rotatable bonds is 2. The van der Waals surface area contributed by atoms with Gasteiger partial charge in [-0.05, 0) is 31.2 Å². The molecule has 1 aromatic carbocycles. The summed E-state index contributed by atoms with van der Waals surface area (Å²) in [6, 6.07) is 6.46. The van der Waals surface area contributed by atoms with Crippen LogP contribution in [0.4, 0.5) is 10.2 Å². The van der Waals surface area contributed by atoms with Gasteiger partial charge < -0.3 is 5.73 Å². The monoisotopic (exact) mass is 353 g/mol. The van der Waals surface area contributed by atoms with Gasteiger partial charge in [0.25, 0.3) is 0 Å². The maximum absolute atomic E-state index is 13.9. The van der Waals surface area contributed by atoms with Crippen LogP contribution in [0.1, 0.15) is 5.69 Å². The Kier molecular flexibility index (Phi) is 3.62. The number of anilines is 1. The molecule has 4 rings (SSSR count). The van der Waals surface area contributed by atoms with Gasteiger partial charge in [-0.2, -0.15) is 5.10 Å². The van der Waals surface area contributed by atoms with E-state index in [2.05, 4.69) is 20.2 Å². The van der Waals surface area contributed by atoms with Crippen LogP contribution in [0.25, 0.3) is 33.2 Å². The molecule has 0 aliphatic heterocycles. The summed E-state index contributed by atoms with van der Waals surface area (Å²) in [5.74, 6) is -0.0309. The van der Waals surface area contributed by atoms with Crippen LogP contribution in [0, 0.1) is 12.7 Å². The Bertz CT molecular complexity index is 1110. The summed E-state index contributed by atoms with van der Waals surface area (Å²) in [7, 11) is 0. The molecule has 3 heterocycles. The number of aromatic amines is 1. The predicted molar refractivity (Wildman–Crippen MR) is 96.7 cm³/mol. The van der Waals surface area contributed by atoms with Crippen LogP contribution in [0.5, 0.6) is 0 Å². The first-order valence-corrected chi connectivity index (χ1v) is 7.93. The molecular formula is C18H13ClFN5. The van der Waals surface area contributed by atoms with Crippen molar-refractivity contribution in [1.82, 2.24) is 20.2 Å². The summed E-state index contributed by atoms with van der Waals surface area (Å²) in [6.45, 7) is 1.90. The van der Waals surface area contributed by atoms with E-state index in [0.717, 1.165) is 16.8 Å². The first-order valence-electron chi connectivity index (χ1n) is 7.55. The largest absolute Gasteiger partial charge is 0.383 e. The average Bonchev–Trinajstić information content (AvgIpc) is 3.04. The quantitative estimate of drug-likeness (QED) is 0.560. The lowest BCUT2D eigenvalue weighted by Crippen LogP contribution is -1.97. The molecule has 5 nitrogen and oxygen atoms in total. The zero-order valence-corrected chi connectivity index (χ0v) is 14.0. The molecule has 4 aromatic rings. The fourth-order valence-corrected chi connectivity index (χ4v) is 3.01. The van der Waals surface area contributed by atoms with Crippen LogP contribution in [0.15, 0.2) is 42.9 Å². The third-order valence-corrected chi connectivity index (χ3v) is 4.46. The zero-order valence-electron chi connectivity index (χ0n) is 13.2. The SMILES string of the molecule is Cc1n[nH]cc1-c1cnc(N)c(-c2cc3c(Cl)ccc(F)c3cn2)c1. The molecule has 124 valence electrons. The number of nitrogens with two attached hydrogens (primary N) is 1. The minimum Gasteiger partial charge on any atom is -0.383 e. The lowest BCUT2D eigenvalue weighted by molar-refractivity contribution is 0.639. The van der Waals surface area contributed by atoms with Crippen LogP contribution in [0.2, 0.25) is 5.02 Å². The second-order valence-electron chi connectivity index (χ2n) is 5.69. The van der Waals surface area contributed by atoms with Gasteiger partial charge in [0, 0.05) is 51.1 Å². The second kappa shape index (κ2) is 5.82. The number of hydrogen-bond donors (Lipinski definition) is 2. The molecular weight excluding hydrogens is 341 g/mol. The highest BCUT2D eigenvalue weighted by Gasteiger charge is 2.13. The first-order chi connectivity index (χ1) is 12.0. The summed E-state index contributed by atoms with van der Waals surface area (Å²) >= 11 is 6.21. The molecule has 0 unspecified atom stereocenters. The fraction of sp³-hybridized carbons (Fsp3) is 0.0556. The van der Waals surface area contributed by atoms with Gasteiger partial charge in [0.1, 0.15) is 11.6 Å². The van der Waals surface area contributed by atoms with Gasteiger partial charge in [0.05, 0.1) is 11.4 Å². The molecule has 7 heteroatoms. The topological polar surface area (TPSA) is 80.5 Å². The van der Waals surface area contributed by atoms with Gasteiger partial charge in [0.2, 0.25) is 0 Å². The summed E-state index contributed by atoms with van der Waals surface area (Å²) in [5, 5.41) is 8.34. The Balaban J connectivity index is 1.91. The van der Waals surface area contributed by atoms with Gasteiger partial charge in [0.15, 0.2) is 0 Å². The lowest BCUT2D eigenvalue weighted by Gasteiger charge is -2.09. The smallest absolute Gasteiger partial charge is 0.132 e. The van der Waals surface area contributed by atoms with Crippen molar-refractivity contribution in [2.45, 2.75) is 6.92 Å². The van der Waals surface area contributed by atoms with E-state index in [9.17, 15) is 4.39 Å². The Morgan fingerprint density at radius 3 is 2.68 bits per heavy atom. The highest BCUT2D eigenvalue weighted by molar-refractivity contribution is 6.35. The molecule has 0 aliphatic rings. The van der Waals surface area contributed by atoms with E-state index in [4.69, 9.17) is 17.3 Å². The van der Waals surface area contributed by atoms with E-state index in [-0.39, 0.29) is 5.82 Å². The number of nitrogen functional groups attached to an aromatic ring is 1. The molecule has 0 aliphatic carbocycles. The van der Waals surface area contributed by atoms with Crippen LogP contribution in [0.3, 0.4) is 0 Å². The van der Waals surface area contributed by atoms with E-state index >= 15 is 0 Å². The first kappa shape index (κ1) is 15.5. The Hall–Kier alpha value is -2.99. The molecule has 0 saturated carbocycles. The van der Waals surface area contributed by atoms with Gasteiger partial charge in [-0.25, -0.2) is 9.37 Å². The van der Waals surface area contributed by atoms with Crippen molar-refractivity contribution in [2.75, 3.05) is 5.73 Å². The fourth-order valence-electron chi connectivity index (χ4n) is 2.79. The molecule has 0 atom stereocenters. The molecule has 0 bridgehead atoms. The number of fused-ring (bicyclic) bond motifs is 1. The van der Waals surface area contributed by atoms with E-state index in [1.54, 1.807) is 18.5 Å². The third-order valence-electron chi connectivity index (χ3n) is 4.13. The summed E-state index contributed by atoms with van der Waals surface area (Å²) in [5.41, 5.74) is 9.92. The number of aryl methyl sites for hydroxylation is 1. The minimum atomic E-state index is -0.368. The normalized spacial score (nSPS) is 11.2. The zero-order chi connectivity index (χ0) is 17.6. The Morgan fingerprint density at radius 2 is 1.92 bits per heavy atom. The standard InChI is InChI=1S/C18H13ClFN5/c1-9-13(8-24-25-9)10-4-12(18(21)23-6-10)17-5-11-14(7-22-17)16(20)3-2-15(11)19/h2-8H,1H3,(H2,21,23)(H,24,25). The maximum atomic E-state index is 13.9. The maximum Gasteiger partial charge on any atom is 0.132 e. The second-order valence-corrected chi connectivity index (χ2v) is 6.09. The summed E-state index contributed by atoms with van der Waals surface area (Å²) in [4.78, 5) is 8.60. The average molecular weight is 354 g/mol. The molecule has 0 fully saturated rings. The molecule has 0 spiro atoms. The molecule has 0 amide bonds. The third kappa shape index (κ3) is 2.60. The molecule has 0 radical (unpaired) electrons. The summed E-state index contributed by atoms with van der Waals surface area (Å²) < 4.78 is 13.9. The molecule has 3 N–H and O–H groups in total. The lowest BCUT2D eigenvalue weighted by atomic mass is 10.0. The van der Waals surface area contributed by atoms with Crippen molar-refractivity contribution >= 4 is 28.2 Å². The van der Waals surface area contributed by atoms with Crippen molar-refractivity contribution in [3.05, 3.63) is 59.4 Å². The van der Waals surface area contributed by atoms with Crippen molar-refractivity contribution in [2.24, 2.45) is 0 Å². The van der Waals surface area contributed by atoms with Crippen LogP contribution in [-0.2, 0) is 0 Å². The van der Waals surface area contributed by atoms with Gasteiger partial charge >= 0.3 is 0 Å². The Labute approximate surface area is 147 Å². The number of H-pyrrole nitrogens is 1. The summed E-state index contributed by atoms with van der Waals surface area (Å²) in [6.07, 6.45) is 4.94. The highest BCUT2D eigenvalue weighted by Crippen LogP contribution is 2.33. The number of hydrogen-bond acceptors (Lipinski definition) is 4. The number of benzene rings is 1. The van der Waals surface area contributed by atoms with E-state index < -0.39 is 0 Å². The number of nitrogens with zero attached hydrogens (tertiary/aromatic N) is 3. The van der Waals surface area contributed by atoms with Gasteiger partial charge in [-0.15, -0.1) is 0 Å². The minimum absolute atomic E-state index is 0.337. The van der Waals surface area contributed by atoms with E-state index in [1.807, 2.05) is 13.0 Å². The van der Waals surface area contributed by atoms with E-state index in [0.29, 0.717) is 32.9 Å². The number of pyridine rings is 2. The number of nitrogens with one attached hydrogen (secondary N) is 1.